The molecule has 0 atom stereocenters. The van der Waals surface area contributed by atoms with Gasteiger partial charge in [-0.25, -0.2) is 9.97 Å². The first-order chi connectivity index (χ1) is 12.8. The quantitative estimate of drug-likeness (QED) is 0.588. The van der Waals surface area contributed by atoms with Gasteiger partial charge in [0.25, 0.3) is 0 Å². The van der Waals surface area contributed by atoms with Gasteiger partial charge in [-0.1, -0.05) is 0 Å². The molecule has 0 spiro atoms. The van der Waals surface area contributed by atoms with Crippen molar-refractivity contribution >= 4 is 23.2 Å². The van der Waals surface area contributed by atoms with Gasteiger partial charge in [-0.3, -0.25) is 9.89 Å². The molecule has 0 amide bonds. The highest BCUT2D eigenvalue weighted by molar-refractivity contribution is 7.10. The van der Waals surface area contributed by atoms with E-state index in [2.05, 4.69) is 53.8 Å². The molecule has 0 unspecified atom stereocenters. The summed E-state index contributed by atoms with van der Waals surface area (Å²) in [6.45, 7) is 8.83. The Morgan fingerprint density at radius 3 is 2.62 bits per heavy atom. The number of guanidine groups is 1. The summed E-state index contributed by atoms with van der Waals surface area (Å²) < 4.78 is 0. The van der Waals surface area contributed by atoms with E-state index in [1.807, 2.05) is 13.1 Å². The van der Waals surface area contributed by atoms with Crippen LogP contribution in [0.4, 0.5) is 5.95 Å². The molecule has 2 aromatic rings. The molecule has 0 aromatic carbocycles. The van der Waals surface area contributed by atoms with Crippen molar-refractivity contribution in [3.05, 3.63) is 40.3 Å². The van der Waals surface area contributed by atoms with Crippen LogP contribution in [0.25, 0.3) is 0 Å². The first-order valence-electron chi connectivity index (χ1n) is 8.98. The molecule has 2 aromatic heterocycles. The fourth-order valence-corrected chi connectivity index (χ4v) is 3.77. The molecular formula is C18H27N7S. The zero-order valence-corrected chi connectivity index (χ0v) is 16.3. The van der Waals surface area contributed by atoms with E-state index in [-0.39, 0.29) is 0 Å². The number of nitrogens with one attached hydrogen (secondary N) is 2. The molecule has 3 rings (SSSR count). The Morgan fingerprint density at radius 2 is 1.96 bits per heavy atom. The Balaban J connectivity index is 1.35. The van der Waals surface area contributed by atoms with E-state index < -0.39 is 0 Å². The zero-order chi connectivity index (χ0) is 18.2. The topological polar surface area (TPSA) is 68.7 Å². The normalized spacial score (nSPS) is 15.9. The van der Waals surface area contributed by atoms with Crippen LogP contribution in [0.15, 0.2) is 34.9 Å². The number of hydrogen-bond donors (Lipinski definition) is 2. The number of rotatable bonds is 6. The Labute approximate surface area is 159 Å². The molecule has 8 heteroatoms. The largest absolute Gasteiger partial charge is 0.355 e. The van der Waals surface area contributed by atoms with Crippen LogP contribution in [-0.2, 0) is 6.54 Å². The zero-order valence-electron chi connectivity index (χ0n) is 15.5. The van der Waals surface area contributed by atoms with Crippen molar-refractivity contribution < 1.29 is 0 Å². The molecular weight excluding hydrogens is 346 g/mol. The third-order valence-electron chi connectivity index (χ3n) is 4.54. The molecule has 1 aliphatic heterocycles. The monoisotopic (exact) mass is 373 g/mol. The second-order valence-corrected chi connectivity index (χ2v) is 7.26. The fraction of sp³-hybridized carbons (Fsp3) is 0.500. The van der Waals surface area contributed by atoms with E-state index in [0.29, 0.717) is 0 Å². The molecule has 1 aliphatic rings. The van der Waals surface area contributed by atoms with Crippen LogP contribution in [-0.4, -0.2) is 67.1 Å². The van der Waals surface area contributed by atoms with E-state index in [1.165, 1.54) is 10.4 Å². The summed E-state index contributed by atoms with van der Waals surface area (Å²) in [5, 5.41) is 8.92. The predicted molar refractivity (Wildman–Crippen MR) is 108 cm³/mol. The Bertz CT molecular complexity index is 693. The van der Waals surface area contributed by atoms with Crippen LogP contribution < -0.4 is 15.5 Å². The summed E-state index contributed by atoms with van der Waals surface area (Å²) in [6, 6.07) is 4.00. The minimum Gasteiger partial charge on any atom is -0.355 e. The van der Waals surface area contributed by atoms with Gasteiger partial charge in [-0.15, -0.1) is 11.3 Å². The van der Waals surface area contributed by atoms with Gasteiger partial charge in [0.2, 0.25) is 5.95 Å². The number of piperazine rings is 1. The van der Waals surface area contributed by atoms with Crippen molar-refractivity contribution in [3.8, 4) is 0 Å². The third kappa shape index (κ3) is 5.15. The van der Waals surface area contributed by atoms with E-state index in [1.54, 1.807) is 23.7 Å². The first kappa shape index (κ1) is 18.6. The van der Waals surface area contributed by atoms with Crippen LogP contribution in [0.3, 0.4) is 0 Å². The summed E-state index contributed by atoms with van der Waals surface area (Å²) in [4.78, 5) is 19.0. The van der Waals surface area contributed by atoms with Crippen LogP contribution in [0, 0.1) is 6.92 Å². The number of thiophene rings is 1. The average Bonchev–Trinajstić information content (AvgIpc) is 3.10. The van der Waals surface area contributed by atoms with Gasteiger partial charge in [0.15, 0.2) is 5.96 Å². The van der Waals surface area contributed by atoms with Gasteiger partial charge in [0.1, 0.15) is 0 Å². The number of aryl methyl sites for hydroxylation is 1. The molecule has 26 heavy (non-hydrogen) atoms. The van der Waals surface area contributed by atoms with E-state index in [4.69, 9.17) is 0 Å². The minimum absolute atomic E-state index is 0.818. The van der Waals surface area contributed by atoms with E-state index >= 15 is 0 Å². The highest BCUT2D eigenvalue weighted by atomic mass is 32.1. The van der Waals surface area contributed by atoms with Gasteiger partial charge >= 0.3 is 0 Å². The standard InChI is InChI=1S/C18H27N7S/c1-15-4-13-26-16(15)14-23-17(19-2)20-7-8-24-9-11-25(12-10-24)18-21-5-3-6-22-18/h3-6,13H,7-12,14H2,1-2H3,(H2,19,20,23). The lowest BCUT2D eigenvalue weighted by Crippen LogP contribution is -2.49. The lowest BCUT2D eigenvalue weighted by atomic mass is 10.3. The summed E-state index contributed by atoms with van der Waals surface area (Å²) in [5.74, 6) is 1.69. The number of aliphatic imine (C=N–C) groups is 1. The lowest BCUT2D eigenvalue weighted by Gasteiger charge is -2.34. The summed E-state index contributed by atoms with van der Waals surface area (Å²) >= 11 is 1.78. The molecule has 1 saturated heterocycles. The minimum atomic E-state index is 0.818. The number of nitrogens with zero attached hydrogens (tertiary/aromatic N) is 5. The smallest absolute Gasteiger partial charge is 0.225 e. The van der Waals surface area contributed by atoms with E-state index in [0.717, 1.165) is 57.7 Å². The van der Waals surface area contributed by atoms with Gasteiger partial charge in [0.05, 0.1) is 6.54 Å². The maximum atomic E-state index is 4.33. The lowest BCUT2D eigenvalue weighted by molar-refractivity contribution is 0.260. The van der Waals surface area contributed by atoms with Crippen molar-refractivity contribution in [3.63, 3.8) is 0 Å². The van der Waals surface area contributed by atoms with Crippen LogP contribution >= 0.6 is 11.3 Å². The van der Waals surface area contributed by atoms with Crippen LogP contribution in [0.5, 0.6) is 0 Å². The molecule has 0 saturated carbocycles. The third-order valence-corrected chi connectivity index (χ3v) is 5.56. The number of aromatic nitrogens is 2. The Kier molecular flexibility index (Phi) is 6.79. The van der Waals surface area contributed by atoms with Crippen LogP contribution in [0.1, 0.15) is 10.4 Å². The average molecular weight is 374 g/mol. The summed E-state index contributed by atoms with van der Waals surface area (Å²) in [7, 11) is 1.81. The second-order valence-electron chi connectivity index (χ2n) is 6.26. The molecule has 0 bridgehead atoms. The highest BCUT2D eigenvalue weighted by Gasteiger charge is 2.18. The molecule has 1 fully saturated rings. The maximum Gasteiger partial charge on any atom is 0.225 e. The molecule has 7 nitrogen and oxygen atoms in total. The van der Waals surface area contributed by atoms with Gasteiger partial charge in [0, 0.05) is 63.6 Å². The first-order valence-corrected chi connectivity index (χ1v) is 9.86. The van der Waals surface area contributed by atoms with Crippen molar-refractivity contribution in [2.75, 3.05) is 51.2 Å². The van der Waals surface area contributed by atoms with Crippen molar-refractivity contribution in [2.24, 2.45) is 4.99 Å². The Morgan fingerprint density at radius 1 is 1.19 bits per heavy atom. The molecule has 0 aliphatic carbocycles. The molecule has 0 radical (unpaired) electrons. The summed E-state index contributed by atoms with van der Waals surface area (Å²) in [6.07, 6.45) is 3.60. The Hall–Kier alpha value is -2.19. The maximum absolute atomic E-state index is 4.33. The predicted octanol–water partition coefficient (Wildman–Crippen LogP) is 1.33. The van der Waals surface area contributed by atoms with Gasteiger partial charge in [-0.05, 0) is 30.0 Å². The van der Waals surface area contributed by atoms with Crippen molar-refractivity contribution in [1.82, 2.24) is 25.5 Å². The number of hydrogen-bond acceptors (Lipinski definition) is 6. The second kappa shape index (κ2) is 9.49. The fourth-order valence-electron chi connectivity index (χ4n) is 2.93. The van der Waals surface area contributed by atoms with Crippen LogP contribution in [0.2, 0.25) is 0 Å². The van der Waals surface area contributed by atoms with Gasteiger partial charge in [-0.2, -0.15) is 0 Å². The van der Waals surface area contributed by atoms with E-state index in [9.17, 15) is 0 Å². The SMILES string of the molecule is CN=C(NCCN1CCN(c2ncccn2)CC1)NCc1sccc1C. The van der Waals surface area contributed by atoms with Crippen molar-refractivity contribution in [2.45, 2.75) is 13.5 Å². The molecule has 140 valence electrons. The van der Waals surface area contributed by atoms with Crippen molar-refractivity contribution in [1.29, 1.82) is 0 Å². The molecule has 2 N–H and O–H groups in total. The van der Waals surface area contributed by atoms with Gasteiger partial charge < -0.3 is 15.5 Å². The highest BCUT2D eigenvalue weighted by Crippen LogP contribution is 2.14. The molecule has 3 heterocycles. The number of anilines is 1. The summed E-state index contributed by atoms with van der Waals surface area (Å²) in [5.41, 5.74) is 1.33.